The second-order valence-electron chi connectivity index (χ2n) is 6.09. The molecule has 2 aromatic rings. The Balaban J connectivity index is 1.72. The minimum absolute atomic E-state index is 0.0190. The number of carbonyl (C=O) groups is 1. The molecule has 2 N–H and O–H groups in total. The van der Waals surface area contributed by atoms with Crippen molar-refractivity contribution < 1.29 is 14.5 Å². The number of ether oxygens (including phenoxy) is 1. The van der Waals surface area contributed by atoms with Crippen LogP contribution < -0.4 is 15.5 Å². The van der Waals surface area contributed by atoms with Gasteiger partial charge in [0.25, 0.3) is 11.6 Å². The Morgan fingerprint density at radius 1 is 1.17 bits per heavy atom. The van der Waals surface area contributed by atoms with Crippen LogP contribution in [0.5, 0.6) is 0 Å². The SMILES string of the molecule is O=C(NC(=S)Nc1ccc(N2CCOCC2)c([N+](=O)[O-])c1)c1ccc(Cl)cc1Cl. The number of nitro benzene ring substituents is 1. The van der Waals surface area contributed by atoms with Crippen LogP contribution in [-0.4, -0.2) is 42.2 Å². The molecular weight excluding hydrogens is 439 g/mol. The second-order valence-corrected chi connectivity index (χ2v) is 7.34. The predicted molar refractivity (Wildman–Crippen MR) is 116 cm³/mol. The number of nitrogens with one attached hydrogen (secondary N) is 2. The van der Waals surface area contributed by atoms with Crippen LogP contribution in [0.15, 0.2) is 36.4 Å². The Morgan fingerprint density at radius 3 is 2.55 bits per heavy atom. The van der Waals surface area contributed by atoms with Crippen LogP contribution in [0.25, 0.3) is 0 Å². The van der Waals surface area contributed by atoms with Crippen LogP contribution in [0.2, 0.25) is 10.0 Å². The van der Waals surface area contributed by atoms with Crippen molar-refractivity contribution in [2.75, 3.05) is 36.5 Å². The van der Waals surface area contributed by atoms with Crippen molar-refractivity contribution in [1.29, 1.82) is 0 Å². The summed E-state index contributed by atoms with van der Waals surface area (Å²) in [6.07, 6.45) is 0. The van der Waals surface area contributed by atoms with Crippen LogP contribution in [0.3, 0.4) is 0 Å². The van der Waals surface area contributed by atoms with E-state index in [1.54, 1.807) is 12.1 Å². The number of hydrogen-bond donors (Lipinski definition) is 2. The van der Waals surface area contributed by atoms with Crippen molar-refractivity contribution in [3.8, 4) is 0 Å². The molecular formula is C18H16Cl2N4O4S. The maximum absolute atomic E-state index is 12.3. The zero-order chi connectivity index (χ0) is 21.0. The minimum Gasteiger partial charge on any atom is -0.378 e. The third kappa shape index (κ3) is 5.33. The Labute approximate surface area is 181 Å². The predicted octanol–water partition coefficient (Wildman–Crippen LogP) is 3.87. The summed E-state index contributed by atoms with van der Waals surface area (Å²) in [6.45, 7) is 2.18. The summed E-state index contributed by atoms with van der Waals surface area (Å²) in [7, 11) is 0. The van der Waals surface area contributed by atoms with E-state index >= 15 is 0 Å². The fourth-order valence-corrected chi connectivity index (χ4v) is 3.53. The van der Waals surface area contributed by atoms with Crippen molar-refractivity contribution in [1.82, 2.24) is 5.32 Å². The molecule has 0 bridgehead atoms. The van der Waals surface area contributed by atoms with Crippen LogP contribution >= 0.6 is 35.4 Å². The lowest BCUT2D eigenvalue weighted by molar-refractivity contribution is -0.384. The number of anilines is 2. The topological polar surface area (TPSA) is 96.7 Å². The summed E-state index contributed by atoms with van der Waals surface area (Å²) < 4.78 is 5.29. The molecule has 1 fully saturated rings. The van der Waals surface area contributed by atoms with E-state index in [2.05, 4.69) is 10.6 Å². The molecule has 2 aromatic carbocycles. The molecule has 0 radical (unpaired) electrons. The Morgan fingerprint density at radius 2 is 1.90 bits per heavy atom. The zero-order valence-electron chi connectivity index (χ0n) is 15.0. The molecule has 0 aromatic heterocycles. The summed E-state index contributed by atoms with van der Waals surface area (Å²) in [5, 5.41) is 17.4. The van der Waals surface area contributed by atoms with Crippen LogP contribution in [0, 0.1) is 10.1 Å². The van der Waals surface area contributed by atoms with E-state index in [4.69, 9.17) is 40.2 Å². The lowest BCUT2D eigenvalue weighted by Crippen LogP contribution is -2.36. The van der Waals surface area contributed by atoms with E-state index < -0.39 is 10.8 Å². The first-order valence-electron chi connectivity index (χ1n) is 8.53. The number of nitrogens with zero attached hydrogens (tertiary/aromatic N) is 2. The van der Waals surface area contributed by atoms with Gasteiger partial charge < -0.3 is 15.0 Å². The van der Waals surface area contributed by atoms with Gasteiger partial charge >= 0.3 is 0 Å². The largest absolute Gasteiger partial charge is 0.378 e. The van der Waals surface area contributed by atoms with E-state index in [1.807, 2.05) is 4.90 Å². The number of benzene rings is 2. The number of hydrogen-bond acceptors (Lipinski definition) is 6. The normalized spacial score (nSPS) is 13.7. The standard InChI is InChI=1S/C18H16Cl2N4O4S/c19-11-1-3-13(14(20)9-11)17(25)22-18(29)21-12-2-4-15(16(10-12)24(26)27)23-5-7-28-8-6-23/h1-4,9-10H,5-8H2,(H2,21,22,25,29). The Bertz CT molecular complexity index is 967. The number of amides is 1. The van der Waals surface area contributed by atoms with E-state index in [-0.39, 0.29) is 21.4 Å². The highest BCUT2D eigenvalue weighted by Crippen LogP contribution is 2.31. The molecule has 1 heterocycles. The lowest BCUT2D eigenvalue weighted by Gasteiger charge is -2.28. The van der Waals surface area contributed by atoms with Gasteiger partial charge in [-0.1, -0.05) is 23.2 Å². The van der Waals surface area contributed by atoms with Crippen LogP contribution in [-0.2, 0) is 4.74 Å². The van der Waals surface area contributed by atoms with Gasteiger partial charge in [-0.25, -0.2) is 0 Å². The highest BCUT2D eigenvalue weighted by Gasteiger charge is 2.22. The summed E-state index contributed by atoms with van der Waals surface area (Å²) in [4.78, 5) is 25.3. The van der Waals surface area contributed by atoms with E-state index in [0.717, 1.165) is 0 Å². The Hall–Kier alpha value is -2.46. The van der Waals surface area contributed by atoms with E-state index in [1.165, 1.54) is 24.3 Å². The fraction of sp³-hybridized carbons (Fsp3) is 0.222. The fourth-order valence-electron chi connectivity index (χ4n) is 2.83. The molecule has 0 spiro atoms. The molecule has 8 nitrogen and oxygen atoms in total. The van der Waals surface area contributed by atoms with Crippen molar-refractivity contribution in [2.24, 2.45) is 0 Å². The van der Waals surface area contributed by atoms with Gasteiger partial charge in [0, 0.05) is 29.9 Å². The zero-order valence-corrected chi connectivity index (χ0v) is 17.3. The monoisotopic (exact) mass is 454 g/mol. The van der Waals surface area contributed by atoms with Crippen molar-refractivity contribution >= 4 is 63.5 Å². The average molecular weight is 455 g/mol. The molecule has 0 aliphatic carbocycles. The molecule has 1 aliphatic heterocycles. The maximum Gasteiger partial charge on any atom is 0.294 e. The molecule has 1 aliphatic rings. The first-order valence-corrected chi connectivity index (χ1v) is 9.70. The average Bonchev–Trinajstić information content (AvgIpc) is 2.68. The van der Waals surface area contributed by atoms with Crippen LogP contribution in [0.1, 0.15) is 10.4 Å². The van der Waals surface area contributed by atoms with Gasteiger partial charge in [-0.15, -0.1) is 0 Å². The molecule has 1 saturated heterocycles. The van der Waals surface area contributed by atoms with Crippen molar-refractivity contribution in [3.05, 3.63) is 62.1 Å². The summed E-state index contributed by atoms with van der Waals surface area (Å²) >= 11 is 17.0. The first-order chi connectivity index (χ1) is 13.8. The molecule has 1 amide bonds. The molecule has 11 heteroatoms. The molecule has 0 unspecified atom stereocenters. The minimum atomic E-state index is -0.524. The highest BCUT2D eigenvalue weighted by molar-refractivity contribution is 7.80. The van der Waals surface area contributed by atoms with Gasteiger partial charge in [0.1, 0.15) is 5.69 Å². The lowest BCUT2D eigenvalue weighted by atomic mass is 10.2. The van der Waals surface area contributed by atoms with Gasteiger partial charge in [-0.05, 0) is 42.5 Å². The number of nitro groups is 1. The molecule has 0 atom stereocenters. The van der Waals surface area contributed by atoms with E-state index in [9.17, 15) is 14.9 Å². The molecule has 0 saturated carbocycles. The van der Waals surface area contributed by atoms with Gasteiger partial charge in [0.2, 0.25) is 0 Å². The first kappa shape index (κ1) is 21.3. The number of morpholine rings is 1. The number of thiocarbonyl (C=S) groups is 1. The Kier molecular flexibility index (Phi) is 6.86. The van der Waals surface area contributed by atoms with E-state index in [0.29, 0.717) is 42.7 Å². The highest BCUT2D eigenvalue weighted by atomic mass is 35.5. The molecule has 3 rings (SSSR count). The van der Waals surface area contributed by atoms with Crippen molar-refractivity contribution in [3.63, 3.8) is 0 Å². The third-order valence-electron chi connectivity index (χ3n) is 4.18. The summed E-state index contributed by atoms with van der Waals surface area (Å²) in [5.74, 6) is -0.524. The smallest absolute Gasteiger partial charge is 0.294 e. The summed E-state index contributed by atoms with van der Waals surface area (Å²) in [5.41, 5.74) is 1.02. The van der Waals surface area contributed by atoms with Crippen molar-refractivity contribution in [2.45, 2.75) is 0 Å². The quantitative estimate of drug-likeness (QED) is 0.411. The van der Waals surface area contributed by atoms with Gasteiger partial charge in [0.15, 0.2) is 5.11 Å². The summed E-state index contributed by atoms with van der Waals surface area (Å²) in [6, 6.07) is 9.13. The maximum atomic E-state index is 12.3. The van der Waals surface area contributed by atoms with Gasteiger partial charge in [0.05, 0.1) is 28.7 Å². The second kappa shape index (κ2) is 9.36. The van der Waals surface area contributed by atoms with Crippen LogP contribution in [0.4, 0.5) is 17.1 Å². The number of carbonyl (C=O) groups excluding carboxylic acids is 1. The number of rotatable bonds is 4. The molecule has 152 valence electrons. The van der Waals surface area contributed by atoms with Gasteiger partial charge in [-0.2, -0.15) is 0 Å². The number of halogens is 2. The molecule has 29 heavy (non-hydrogen) atoms. The van der Waals surface area contributed by atoms with Gasteiger partial charge in [-0.3, -0.25) is 20.2 Å². The third-order valence-corrected chi connectivity index (χ3v) is 4.94.